The van der Waals surface area contributed by atoms with Gasteiger partial charge in [0, 0.05) is 26.3 Å². The summed E-state index contributed by atoms with van der Waals surface area (Å²) in [5.41, 5.74) is 1.44. The van der Waals surface area contributed by atoms with E-state index in [1.807, 2.05) is 0 Å². The van der Waals surface area contributed by atoms with Gasteiger partial charge in [-0.1, -0.05) is 119 Å². The molecular weight excluding hydrogens is 466 g/mol. The van der Waals surface area contributed by atoms with Gasteiger partial charge in [-0.2, -0.15) is 0 Å². The number of unbranched alkanes of at least 4 members (excludes halogenated alkanes) is 1. The average molecular weight is 536 g/mol. The van der Waals surface area contributed by atoms with Crippen molar-refractivity contribution < 1.29 is 9.47 Å². The van der Waals surface area contributed by atoms with E-state index >= 15 is 0 Å². The fourth-order valence-corrected chi connectivity index (χ4v) is 4.35. The minimum Gasteiger partial charge on any atom is -0.381 e. The molecule has 2 saturated heterocycles. The summed E-state index contributed by atoms with van der Waals surface area (Å²) in [6, 6.07) is 10.6. The Hall–Kier alpha value is -0.900. The minimum atomic E-state index is 0. The minimum absolute atomic E-state index is 0. The standard InChI is InChI=1S/C10H14.C9H19NO.C8H16O.C7H16.CH4/c1-9(2)8-10-6-4-3-5-7-10;1-9(2)3-4-10-5-7-11-8-6-10;1-7(2)8-3-5-9-6-4-8;1-4-5-6-7(2)3;/h3-7,9H,8H2,1-2H3;9H,3-8H2,1-2H3;7-8H,3-6H2,1-2H3;7H,4-6H2,1-3H3;1H4. The molecule has 3 nitrogen and oxygen atoms in total. The smallest absolute Gasteiger partial charge is 0.0594 e. The van der Waals surface area contributed by atoms with Crippen LogP contribution in [0.25, 0.3) is 0 Å². The Kier molecular flexibility index (Phi) is 27.2. The van der Waals surface area contributed by atoms with Crippen LogP contribution in [0.2, 0.25) is 0 Å². The molecule has 0 radical (unpaired) electrons. The number of rotatable bonds is 9. The topological polar surface area (TPSA) is 21.7 Å². The Balaban J connectivity index is 0. The Labute approximate surface area is 240 Å². The Morgan fingerprint density at radius 3 is 1.66 bits per heavy atom. The highest BCUT2D eigenvalue weighted by atomic mass is 16.5. The molecule has 0 amide bonds. The molecule has 226 valence electrons. The molecule has 3 rings (SSSR count). The van der Waals surface area contributed by atoms with Gasteiger partial charge >= 0.3 is 0 Å². The van der Waals surface area contributed by atoms with Crippen molar-refractivity contribution in [3.63, 3.8) is 0 Å². The van der Waals surface area contributed by atoms with E-state index in [4.69, 9.17) is 9.47 Å². The summed E-state index contributed by atoms with van der Waals surface area (Å²) in [7, 11) is 0. The van der Waals surface area contributed by atoms with Crippen LogP contribution in [0.15, 0.2) is 30.3 Å². The summed E-state index contributed by atoms with van der Waals surface area (Å²) in [4.78, 5) is 2.49. The van der Waals surface area contributed by atoms with Crippen LogP contribution in [-0.4, -0.2) is 51.0 Å². The lowest BCUT2D eigenvalue weighted by atomic mass is 9.89. The van der Waals surface area contributed by atoms with Crippen molar-refractivity contribution >= 4 is 0 Å². The first-order valence-electron chi connectivity index (χ1n) is 15.6. The largest absolute Gasteiger partial charge is 0.381 e. The zero-order valence-corrected chi connectivity index (χ0v) is 26.4. The maximum Gasteiger partial charge on any atom is 0.0594 e. The van der Waals surface area contributed by atoms with E-state index in [0.717, 1.165) is 69.1 Å². The molecule has 0 aliphatic carbocycles. The van der Waals surface area contributed by atoms with Crippen molar-refractivity contribution in [3.8, 4) is 0 Å². The van der Waals surface area contributed by atoms with Crippen LogP contribution in [0.3, 0.4) is 0 Å². The van der Waals surface area contributed by atoms with Gasteiger partial charge in [0.05, 0.1) is 13.2 Å². The summed E-state index contributed by atoms with van der Waals surface area (Å²) >= 11 is 0. The van der Waals surface area contributed by atoms with Crippen LogP contribution in [0.4, 0.5) is 0 Å². The SMILES string of the molecule is C.CC(C)C1CCOCC1.CC(C)CCN1CCOCC1.CC(C)Cc1ccccc1.CCCCC(C)C. The van der Waals surface area contributed by atoms with E-state index in [1.54, 1.807) is 0 Å². The fraction of sp³-hybridized carbons (Fsp3) is 0.829. The van der Waals surface area contributed by atoms with Gasteiger partial charge in [-0.25, -0.2) is 0 Å². The first kappa shape index (κ1) is 39.2. The monoisotopic (exact) mass is 536 g/mol. The first-order chi connectivity index (χ1) is 17.6. The lowest BCUT2D eigenvalue weighted by Gasteiger charge is -2.26. The second kappa shape index (κ2) is 26.3. The summed E-state index contributed by atoms with van der Waals surface area (Å²) in [5.74, 6) is 4.29. The molecule has 1 aromatic rings. The van der Waals surface area contributed by atoms with E-state index in [-0.39, 0.29) is 7.43 Å². The zero-order valence-electron chi connectivity index (χ0n) is 26.4. The predicted octanol–water partition coefficient (Wildman–Crippen LogP) is 9.79. The molecule has 2 aliphatic rings. The molecule has 0 spiro atoms. The summed E-state index contributed by atoms with van der Waals surface area (Å²) in [6.45, 7) is 27.8. The Morgan fingerprint density at radius 2 is 1.26 bits per heavy atom. The normalized spacial score (nSPS) is 16.1. The highest BCUT2D eigenvalue weighted by Gasteiger charge is 2.16. The van der Waals surface area contributed by atoms with Gasteiger partial charge in [-0.05, 0) is 67.4 Å². The lowest BCUT2D eigenvalue weighted by Crippen LogP contribution is -2.37. The molecule has 0 bridgehead atoms. The quantitative estimate of drug-likeness (QED) is 0.314. The Morgan fingerprint density at radius 1 is 0.737 bits per heavy atom. The van der Waals surface area contributed by atoms with E-state index in [9.17, 15) is 0 Å². The third-order valence-corrected chi connectivity index (χ3v) is 6.96. The van der Waals surface area contributed by atoms with Gasteiger partial charge in [0.1, 0.15) is 0 Å². The number of hydrogen-bond donors (Lipinski definition) is 0. The van der Waals surface area contributed by atoms with Gasteiger partial charge in [-0.15, -0.1) is 0 Å². The van der Waals surface area contributed by atoms with E-state index in [1.165, 1.54) is 57.1 Å². The predicted molar refractivity (Wildman–Crippen MR) is 171 cm³/mol. The Bertz CT molecular complexity index is 573. The van der Waals surface area contributed by atoms with Crippen molar-refractivity contribution in [2.45, 2.75) is 115 Å². The molecule has 1 aromatic carbocycles. The van der Waals surface area contributed by atoms with Gasteiger partial charge in [0.15, 0.2) is 0 Å². The van der Waals surface area contributed by atoms with Crippen LogP contribution in [0.1, 0.15) is 114 Å². The van der Waals surface area contributed by atoms with E-state index in [0.29, 0.717) is 0 Å². The first-order valence-corrected chi connectivity index (χ1v) is 15.6. The third-order valence-electron chi connectivity index (χ3n) is 6.96. The molecule has 0 unspecified atom stereocenters. The fourth-order valence-electron chi connectivity index (χ4n) is 4.35. The van der Waals surface area contributed by atoms with Crippen molar-refractivity contribution in [2.75, 3.05) is 46.1 Å². The van der Waals surface area contributed by atoms with Crippen LogP contribution in [0, 0.1) is 29.6 Å². The van der Waals surface area contributed by atoms with Crippen molar-refractivity contribution in [1.29, 1.82) is 0 Å². The molecule has 0 aromatic heterocycles. The summed E-state index contributed by atoms with van der Waals surface area (Å²) in [6.07, 6.45) is 9.21. The molecule has 2 fully saturated rings. The number of benzene rings is 1. The summed E-state index contributed by atoms with van der Waals surface area (Å²) < 4.78 is 10.5. The van der Waals surface area contributed by atoms with Crippen LogP contribution in [-0.2, 0) is 15.9 Å². The van der Waals surface area contributed by atoms with Gasteiger partial charge in [-0.3, -0.25) is 4.90 Å². The molecule has 0 N–H and O–H groups in total. The highest BCUT2D eigenvalue weighted by Crippen LogP contribution is 2.22. The number of hydrogen-bond acceptors (Lipinski definition) is 3. The van der Waals surface area contributed by atoms with Crippen molar-refractivity contribution in [1.82, 2.24) is 4.90 Å². The molecular formula is C35H69NO2. The third kappa shape index (κ3) is 25.4. The molecule has 0 saturated carbocycles. The van der Waals surface area contributed by atoms with Gasteiger partial charge < -0.3 is 9.47 Å². The summed E-state index contributed by atoms with van der Waals surface area (Å²) in [5, 5.41) is 0. The van der Waals surface area contributed by atoms with Crippen LogP contribution in [0.5, 0.6) is 0 Å². The maximum absolute atomic E-state index is 5.26. The second-order valence-electron chi connectivity index (χ2n) is 12.4. The van der Waals surface area contributed by atoms with Gasteiger partial charge in [0.25, 0.3) is 0 Å². The zero-order chi connectivity index (χ0) is 27.9. The van der Waals surface area contributed by atoms with E-state index in [2.05, 4.69) is 97.5 Å². The maximum atomic E-state index is 5.26. The number of nitrogens with zero attached hydrogens (tertiary/aromatic N) is 1. The number of morpholine rings is 1. The lowest BCUT2D eigenvalue weighted by molar-refractivity contribution is 0.0360. The van der Waals surface area contributed by atoms with Crippen LogP contribution < -0.4 is 0 Å². The molecule has 3 heteroatoms. The molecule has 38 heavy (non-hydrogen) atoms. The second-order valence-corrected chi connectivity index (χ2v) is 12.4. The molecule has 2 aliphatic heterocycles. The molecule has 2 heterocycles. The van der Waals surface area contributed by atoms with Crippen LogP contribution >= 0.6 is 0 Å². The number of ether oxygens (including phenoxy) is 2. The van der Waals surface area contributed by atoms with Crippen molar-refractivity contribution in [3.05, 3.63) is 35.9 Å². The van der Waals surface area contributed by atoms with Gasteiger partial charge in [0.2, 0.25) is 0 Å². The average Bonchev–Trinajstić information content (AvgIpc) is 2.89. The molecule has 0 atom stereocenters. The highest BCUT2D eigenvalue weighted by molar-refractivity contribution is 5.14. The van der Waals surface area contributed by atoms with Crippen molar-refractivity contribution in [2.24, 2.45) is 29.6 Å². The van der Waals surface area contributed by atoms with E-state index < -0.39 is 0 Å².